The number of rotatable bonds is 8. The molecule has 0 aromatic heterocycles. The number of para-hydroxylation sites is 1. The van der Waals surface area contributed by atoms with Gasteiger partial charge < -0.3 is 10.1 Å². The van der Waals surface area contributed by atoms with Gasteiger partial charge in [-0.1, -0.05) is 55.5 Å². The van der Waals surface area contributed by atoms with Gasteiger partial charge in [-0.2, -0.15) is 0 Å². The van der Waals surface area contributed by atoms with Gasteiger partial charge in [0.25, 0.3) is 0 Å². The molecule has 2 aromatic carbocycles. The number of anilines is 1. The molecular formula is C18H23NO. The maximum atomic E-state index is 5.50. The lowest BCUT2D eigenvalue weighted by Crippen LogP contribution is -2.11. The van der Waals surface area contributed by atoms with Crippen LogP contribution in [-0.4, -0.2) is 19.8 Å². The van der Waals surface area contributed by atoms with Gasteiger partial charge in [0.05, 0.1) is 6.61 Å². The van der Waals surface area contributed by atoms with Crippen molar-refractivity contribution in [2.24, 2.45) is 0 Å². The molecule has 1 N–H and O–H groups in total. The third kappa shape index (κ3) is 4.71. The van der Waals surface area contributed by atoms with Crippen molar-refractivity contribution in [3.05, 3.63) is 65.7 Å². The van der Waals surface area contributed by atoms with Crippen LogP contribution in [0, 0.1) is 0 Å². The second-order valence-electron chi connectivity index (χ2n) is 4.86. The molecule has 0 aliphatic heterocycles. The third-order valence-electron chi connectivity index (χ3n) is 3.17. The smallest absolute Gasteiger partial charge is 0.0639 e. The number of hydrogen-bond donors (Lipinski definition) is 1. The first-order valence-corrected chi connectivity index (χ1v) is 7.33. The Kier molecular flexibility index (Phi) is 6.12. The summed E-state index contributed by atoms with van der Waals surface area (Å²) in [5.41, 5.74) is 3.87. The van der Waals surface area contributed by atoms with E-state index in [1.807, 2.05) is 0 Å². The molecule has 2 rings (SSSR count). The van der Waals surface area contributed by atoms with Crippen molar-refractivity contribution in [2.75, 3.05) is 25.1 Å². The number of benzene rings is 2. The van der Waals surface area contributed by atoms with Crippen molar-refractivity contribution in [1.82, 2.24) is 0 Å². The summed E-state index contributed by atoms with van der Waals surface area (Å²) in [5.74, 6) is 0. The van der Waals surface area contributed by atoms with Gasteiger partial charge in [0, 0.05) is 18.8 Å². The summed E-state index contributed by atoms with van der Waals surface area (Å²) < 4.78 is 5.50. The van der Waals surface area contributed by atoms with Crippen molar-refractivity contribution in [2.45, 2.75) is 19.8 Å². The third-order valence-corrected chi connectivity index (χ3v) is 3.17. The predicted octanol–water partition coefficient (Wildman–Crippen LogP) is 4.12. The molecule has 0 heterocycles. The Bertz CT molecular complexity index is 496. The quantitative estimate of drug-likeness (QED) is 0.728. The van der Waals surface area contributed by atoms with Gasteiger partial charge in [-0.15, -0.1) is 0 Å². The molecule has 2 heteroatoms. The second kappa shape index (κ2) is 8.39. The summed E-state index contributed by atoms with van der Waals surface area (Å²) in [6.45, 7) is 4.58. The molecule has 20 heavy (non-hydrogen) atoms. The normalized spacial score (nSPS) is 10.4. The van der Waals surface area contributed by atoms with Crippen LogP contribution in [0.3, 0.4) is 0 Å². The molecule has 0 aliphatic carbocycles. The lowest BCUT2D eigenvalue weighted by atomic mass is 10.0. The Morgan fingerprint density at radius 1 is 0.900 bits per heavy atom. The monoisotopic (exact) mass is 269 g/mol. The number of nitrogens with one attached hydrogen (secondary N) is 1. The lowest BCUT2D eigenvalue weighted by molar-refractivity contribution is 0.144. The highest BCUT2D eigenvalue weighted by molar-refractivity contribution is 5.52. The van der Waals surface area contributed by atoms with Crippen molar-refractivity contribution in [3.8, 4) is 0 Å². The Labute approximate surface area is 121 Å². The van der Waals surface area contributed by atoms with Gasteiger partial charge in [0.2, 0.25) is 0 Å². The minimum absolute atomic E-state index is 0.757. The van der Waals surface area contributed by atoms with Gasteiger partial charge in [-0.3, -0.25) is 0 Å². The lowest BCUT2D eigenvalue weighted by Gasteiger charge is -2.12. The molecule has 106 valence electrons. The van der Waals surface area contributed by atoms with Gasteiger partial charge in [-0.05, 0) is 30.0 Å². The van der Waals surface area contributed by atoms with Crippen LogP contribution in [0.2, 0.25) is 0 Å². The van der Waals surface area contributed by atoms with E-state index in [4.69, 9.17) is 4.74 Å². The highest BCUT2D eigenvalue weighted by Gasteiger charge is 2.02. The minimum atomic E-state index is 0.757. The topological polar surface area (TPSA) is 21.3 Å². The van der Waals surface area contributed by atoms with Crippen LogP contribution < -0.4 is 5.32 Å². The molecule has 0 unspecified atom stereocenters. The Hall–Kier alpha value is -1.80. The second-order valence-corrected chi connectivity index (χ2v) is 4.86. The molecule has 0 saturated carbocycles. The Balaban J connectivity index is 1.92. The largest absolute Gasteiger partial charge is 0.382 e. The van der Waals surface area contributed by atoms with E-state index >= 15 is 0 Å². The zero-order chi connectivity index (χ0) is 14.0. The molecule has 2 nitrogen and oxygen atoms in total. The van der Waals surface area contributed by atoms with Gasteiger partial charge >= 0.3 is 0 Å². The summed E-state index contributed by atoms with van der Waals surface area (Å²) >= 11 is 0. The van der Waals surface area contributed by atoms with Crippen LogP contribution in [-0.2, 0) is 11.2 Å². The van der Waals surface area contributed by atoms with Crippen LogP contribution >= 0.6 is 0 Å². The zero-order valence-electron chi connectivity index (χ0n) is 12.1. The van der Waals surface area contributed by atoms with E-state index in [1.165, 1.54) is 16.8 Å². The molecule has 0 bridgehead atoms. The summed E-state index contributed by atoms with van der Waals surface area (Å²) in [7, 11) is 0. The first-order valence-electron chi connectivity index (χ1n) is 7.33. The zero-order valence-corrected chi connectivity index (χ0v) is 12.1. The van der Waals surface area contributed by atoms with E-state index in [0.717, 1.165) is 32.6 Å². The van der Waals surface area contributed by atoms with E-state index < -0.39 is 0 Å². The summed E-state index contributed by atoms with van der Waals surface area (Å²) in [6, 6.07) is 19.1. The Morgan fingerprint density at radius 3 is 2.45 bits per heavy atom. The van der Waals surface area contributed by atoms with Crippen LogP contribution in [0.15, 0.2) is 54.6 Å². The molecule has 0 spiro atoms. The molecule has 2 aromatic rings. The SMILES string of the molecule is CCCOCCNc1ccccc1Cc1ccccc1. The highest BCUT2D eigenvalue weighted by Crippen LogP contribution is 2.18. The van der Waals surface area contributed by atoms with Crippen LogP contribution in [0.5, 0.6) is 0 Å². The Morgan fingerprint density at radius 2 is 1.65 bits per heavy atom. The molecule has 0 radical (unpaired) electrons. The van der Waals surface area contributed by atoms with Gasteiger partial charge in [0.1, 0.15) is 0 Å². The minimum Gasteiger partial charge on any atom is -0.382 e. The molecule has 0 fully saturated rings. The molecular weight excluding hydrogens is 246 g/mol. The number of ether oxygens (including phenoxy) is 1. The predicted molar refractivity (Wildman–Crippen MR) is 85.3 cm³/mol. The molecule has 0 aliphatic rings. The summed E-state index contributed by atoms with van der Waals surface area (Å²) in [5, 5.41) is 3.47. The van der Waals surface area contributed by atoms with Gasteiger partial charge in [-0.25, -0.2) is 0 Å². The summed E-state index contributed by atoms with van der Waals surface area (Å²) in [4.78, 5) is 0. The van der Waals surface area contributed by atoms with E-state index in [9.17, 15) is 0 Å². The van der Waals surface area contributed by atoms with Crippen LogP contribution in [0.4, 0.5) is 5.69 Å². The fraction of sp³-hybridized carbons (Fsp3) is 0.333. The molecule has 0 amide bonds. The standard InChI is InChI=1S/C18H23NO/c1-2-13-20-14-12-19-18-11-7-6-10-17(18)15-16-8-4-3-5-9-16/h3-11,19H,2,12-15H2,1H3. The fourth-order valence-electron chi connectivity index (χ4n) is 2.17. The average molecular weight is 269 g/mol. The van der Waals surface area contributed by atoms with Crippen molar-refractivity contribution in [3.63, 3.8) is 0 Å². The maximum absolute atomic E-state index is 5.50. The summed E-state index contributed by atoms with van der Waals surface area (Å²) in [6.07, 6.45) is 2.03. The van der Waals surface area contributed by atoms with E-state index in [0.29, 0.717) is 0 Å². The average Bonchev–Trinajstić information content (AvgIpc) is 2.50. The van der Waals surface area contributed by atoms with E-state index in [1.54, 1.807) is 0 Å². The fourth-order valence-corrected chi connectivity index (χ4v) is 2.17. The van der Waals surface area contributed by atoms with Gasteiger partial charge in [0.15, 0.2) is 0 Å². The first kappa shape index (κ1) is 14.6. The van der Waals surface area contributed by atoms with Crippen molar-refractivity contribution in [1.29, 1.82) is 0 Å². The van der Waals surface area contributed by atoms with E-state index in [2.05, 4.69) is 66.8 Å². The van der Waals surface area contributed by atoms with Crippen LogP contribution in [0.25, 0.3) is 0 Å². The van der Waals surface area contributed by atoms with Crippen molar-refractivity contribution >= 4 is 5.69 Å². The molecule has 0 saturated heterocycles. The molecule has 0 atom stereocenters. The van der Waals surface area contributed by atoms with E-state index in [-0.39, 0.29) is 0 Å². The number of hydrogen-bond acceptors (Lipinski definition) is 2. The maximum Gasteiger partial charge on any atom is 0.0639 e. The van der Waals surface area contributed by atoms with Crippen LogP contribution in [0.1, 0.15) is 24.5 Å². The van der Waals surface area contributed by atoms with Crippen molar-refractivity contribution < 1.29 is 4.74 Å². The first-order chi connectivity index (χ1) is 9.90. The highest BCUT2D eigenvalue weighted by atomic mass is 16.5.